The summed E-state index contributed by atoms with van der Waals surface area (Å²) in [6, 6.07) is 0.201. The van der Waals surface area contributed by atoms with Gasteiger partial charge in [-0.25, -0.2) is 0 Å². The van der Waals surface area contributed by atoms with Gasteiger partial charge in [-0.1, -0.05) is 40.7 Å². The van der Waals surface area contributed by atoms with E-state index >= 15 is 0 Å². The van der Waals surface area contributed by atoms with Gasteiger partial charge in [0.15, 0.2) is 0 Å². The maximum Gasteiger partial charge on any atom is 0.0751 e. The molecule has 1 aliphatic heterocycles. The van der Waals surface area contributed by atoms with Crippen molar-refractivity contribution in [1.29, 1.82) is 0 Å². The van der Waals surface area contributed by atoms with Crippen molar-refractivity contribution in [3.8, 4) is 0 Å². The molecule has 2 atom stereocenters. The predicted molar refractivity (Wildman–Crippen MR) is 64.3 cm³/mol. The minimum Gasteiger partial charge on any atom is -0.287 e. The highest BCUT2D eigenvalue weighted by molar-refractivity contribution is 6.23. The number of rotatable bonds is 1. The Hall–Kier alpha value is -0.300. The van der Waals surface area contributed by atoms with Crippen molar-refractivity contribution in [2.75, 3.05) is 0 Å². The van der Waals surface area contributed by atoms with Crippen LogP contribution in [0.4, 0.5) is 0 Å². The van der Waals surface area contributed by atoms with Gasteiger partial charge in [0.1, 0.15) is 0 Å². The zero-order valence-electron chi connectivity index (χ0n) is 9.71. The number of nitrogens with zero attached hydrogens (tertiary/aromatic N) is 1. The second kappa shape index (κ2) is 4.06. The van der Waals surface area contributed by atoms with Crippen molar-refractivity contribution < 1.29 is 0 Å². The highest BCUT2D eigenvalue weighted by Crippen LogP contribution is 2.31. The van der Waals surface area contributed by atoms with Gasteiger partial charge in [0.25, 0.3) is 0 Å². The molecule has 0 aromatic heterocycles. The zero-order chi connectivity index (χ0) is 10.9. The number of allylic oxidation sites excluding steroid dienone is 1. The first-order valence-electron chi connectivity index (χ1n) is 5.21. The number of aliphatic imine (C=N–C) groups is 1. The molecule has 0 N–H and O–H groups in total. The summed E-state index contributed by atoms with van der Waals surface area (Å²) in [5.74, 6) is 0.515. The van der Waals surface area contributed by atoms with Gasteiger partial charge >= 0.3 is 0 Å². The van der Waals surface area contributed by atoms with E-state index in [9.17, 15) is 0 Å². The number of hydrogen-bond acceptors (Lipinski definition) is 1. The SMILES string of the molecule is CC(C)C1=CC(Cl)C(C(C)(C)C)N=C1. The van der Waals surface area contributed by atoms with Crippen LogP contribution in [0.2, 0.25) is 0 Å². The fourth-order valence-corrected chi connectivity index (χ4v) is 2.20. The maximum atomic E-state index is 6.32. The summed E-state index contributed by atoms with van der Waals surface area (Å²) in [6.45, 7) is 10.9. The summed E-state index contributed by atoms with van der Waals surface area (Å²) >= 11 is 6.32. The molecule has 0 aliphatic carbocycles. The van der Waals surface area contributed by atoms with Crippen LogP contribution < -0.4 is 0 Å². The van der Waals surface area contributed by atoms with E-state index in [-0.39, 0.29) is 16.8 Å². The standard InChI is InChI=1S/C12H20ClN/c1-8(2)9-6-10(13)11(14-7-9)12(3,4)5/h6-8,10-11H,1-5H3. The van der Waals surface area contributed by atoms with Crippen LogP contribution >= 0.6 is 11.6 Å². The lowest BCUT2D eigenvalue weighted by atomic mass is 9.82. The summed E-state index contributed by atoms with van der Waals surface area (Å²) in [6.07, 6.45) is 4.13. The monoisotopic (exact) mass is 213 g/mol. The predicted octanol–water partition coefficient (Wildman–Crippen LogP) is 3.68. The second-order valence-electron chi connectivity index (χ2n) is 5.35. The first kappa shape index (κ1) is 11.8. The molecule has 1 heterocycles. The smallest absolute Gasteiger partial charge is 0.0751 e. The number of alkyl halides is 1. The summed E-state index contributed by atoms with van der Waals surface area (Å²) < 4.78 is 0. The molecule has 1 rings (SSSR count). The van der Waals surface area contributed by atoms with E-state index in [1.54, 1.807) is 0 Å². The minimum absolute atomic E-state index is 0.0393. The van der Waals surface area contributed by atoms with E-state index < -0.39 is 0 Å². The van der Waals surface area contributed by atoms with Gasteiger partial charge in [0.2, 0.25) is 0 Å². The van der Waals surface area contributed by atoms with Crippen LogP contribution in [0.3, 0.4) is 0 Å². The van der Waals surface area contributed by atoms with E-state index in [1.807, 2.05) is 6.21 Å². The average molecular weight is 214 g/mol. The van der Waals surface area contributed by atoms with Gasteiger partial charge in [-0.05, 0) is 16.9 Å². The summed E-state index contributed by atoms with van der Waals surface area (Å²) in [5.41, 5.74) is 1.40. The summed E-state index contributed by atoms with van der Waals surface area (Å²) in [5, 5.41) is 0.0393. The second-order valence-corrected chi connectivity index (χ2v) is 5.86. The molecule has 0 aromatic carbocycles. The molecule has 0 fully saturated rings. The van der Waals surface area contributed by atoms with Crippen molar-refractivity contribution in [3.63, 3.8) is 0 Å². The molecule has 0 radical (unpaired) electrons. The van der Waals surface area contributed by atoms with Gasteiger partial charge in [0, 0.05) is 6.21 Å². The Bertz CT molecular complexity index is 258. The van der Waals surface area contributed by atoms with Crippen molar-refractivity contribution >= 4 is 17.8 Å². The van der Waals surface area contributed by atoms with E-state index in [0.717, 1.165) is 0 Å². The number of hydrogen-bond donors (Lipinski definition) is 0. The van der Waals surface area contributed by atoms with Gasteiger partial charge in [-0.3, -0.25) is 4.99 Å². The van der Waals surface area contributed by atoms with Gasteiger partial charge in [0.05, 0.1) is 11.4 Å². The highest BCUT2D eigenvalue weighted by Gasteiger charge is 2.31. The minimum atomic E-state index is 0.0393. The molecule has 0 bridgehead atoms. The van der Waals surface area contributed by atoms with Crippen LogP contribution in [0.1, 0.15) is 34.6 Å². The van der Waals surface area contributed by atoms with Crippen LogP contribution in [0.5, 0.6) is 0 Å². The fourth-order valence-electron chi connectivity index (χ4n) is 1.61. The third kappa shape index (κ3) is 2.60. The fraction of sp³-hybridized carbons (Fsp3) is 0.750. The molecule has 2 unspecified atom stereocenters. The Morgan fingerprint density at radius 2 is 1.93 bits per heavy atom. The average Bonchev–Trinajstić information content (AvgIpc) is 2.01. The van der Waals surface area contributed by atoms with Crippen LogP contribution in [-0.2, 0) is 0 Å². The van der Waals surface area contributed by atoms with Crippen LogP contribution in [0, 0.1) is 11.3 Å². The lowest BCUT2D eigenvalue weighted by Gasteiger charge is -2.32. The molecule has 1 aliphatic rings. The Balaban J connectivity index is 2.81. The van der Waals surface area contributed by atoms with E-state index in [0.29, 0.717) is 5.92 Å². The van der Waals surface area contributed by atoms with Crippen molar-refractivity contribution in [1.82, 2.24) is 0 Å². The van der Waals surface area contributed by atoms with Crippen LogP contribution in [0.15, 0.2) is 16.6 Å². The molecule has 2 heteroatoms. The van der Waals surface area contributed by atoms with Gasteiger partial charge in [-0.2, -0.15) is 0 Å². The molecule has 0 aromatic rings. The molecule has 0 amide bonds. The number of halogens is 1. The lowest BCUT2D eigenvalue weighted by molar-refractivity contribution is 0.325. The Kier molecular flexibility index (Phi) is 3.41. The van der Waals surface area contributed by atoms with Crippen LogP contribution in [0.25, 0.3) is 0 Å². The zero-order valence-corrected chi connectivity index (χ0v) is 10.5. The Morgan fingerprint density at radius 1 is 1.36 bits per heavy atom. The molecule has 1 nitrogen and oxygen atoms in total. The molecule has 80 valence electrons. The first-order chi connectivity index (χ1) is 6.32. The normalized spacial score (nSPS) is 28.1. The third-order valence-electron chi connectivity index (χ3n) is 2.59. The topological polar surface area (TPSA) is 12.4 Å². The summed E-state index contributed by atoms with van der Waals surface area (Å²) in [4.78, 5) is 4.56. The summed E-state index contributed by atoms with van der Waals surface area (Å²) in [7, 11) is 0. The van der Waals surface area contributed by atoms with E-state index in [2.05, 4.69) is 45.7 Å². The Labute approximate surface area is 92.3 Å². The molecular weight excluding hydrogens is 194 g/mol. The molecule has 0 saturated carbocycles. The lowest BCUT2D eigenvalue weighted by Crippen LogP contribution is -2.34. The van der Waals surface area contributed by atoms with E-state index in [1.165, 1.54) is 5.57 Å². The molecule has 0 spiro atoms. The molecular formula is C12H20ClN. The van der Waals surface area contributed by atoms with E-state index in [4.69, 9.17) is 11.6 Å². The third-order valence-corrected chi connectivity index (χ3v) is 2.96. The first-order valence-corrected chi connectivity index (χ1v) is 5.65. The van der Waals surface area contributed by atoms with Crippen molar-refractivity contribution in [3.05, 3.63) is 11.6 Å². The quantitative estimate of drug-likeness (QED) is 0.590. The Morgan fingerprint density at radius 3 is 2.29 bits per heavy atom. The molecule has 0 saturated heterocycles. The molecule has 14 heavy (non-hydrogen) atoms. The van der Waals surface area contributed by atoms with Gasteiger partial charge in [-0.15, -0.1) is 11.6 Å². The largest absolute Gasteiger partial charge is 0.287 e. The maximum absolute atomic E-state index is 6.32. The van der Waals surface area contributed by atoms with Crippen molar-refractivity contribution in [2.24, 2.45) is 16.3 Å². The van der Waals surface area contributed by atoms with Crippen molar-refractivity contribution in [2.45, 2.75) is 46.0 Å². The van der Waals surface area contributed by atoms with Crippen LogP contribution in [-0.4, -0.2) is 17.6 Å². The highest BCUT2D eigenvalue weighted by atomic mass is 35.5. The number of dihydropyridines is 1. The van der Waals surface area contributed by atoms with Gasteiger partial charge < -0.3 is 0 Å².